The van der Waals surface area contributed by atoms with Gasteiger partial charge in [0.25, 0.3) is 0 Å². The predicted octanol–water partition coefficient (Wildman–Crippen LogP) is 4.00. The average molecular weight is 224 g/mol. The Bertz CT molecular complexity index is 337. The van der Waals surface area contributed by atoms with Crippen molar-refractivity contribution in [2.24, 2.45) is 5.73 Å². The van der Waals surface area contributed by atoms with Gasteiger partial charge in [-0.15, -0.1) is 6.58 Å². The lowest BCUT2D eigenvalue weighted by Crippen LogP contribution is -2.10. The third kappa shape index (κ3) is 4.06. The quantitative estimate of drug-likeness (QED) is 0.768. The highest BCUT2D eigenvalue weighted by molar-refractivity contribution is 6.30. The molecule has 15 heavy (non-hydrogen) atoms. The minimum Gasteiger partial charge on any atom is -0.324 e. The number of hydrogen-bond acceptors (Lipinski definition) is 1. The van der Waals surface area contributed by atoms with E-state index in [1.807, 2.05) is 26.0 Å². The fourth-order valence-electron chi connectivity index (χ4n) is 1.55. The number of allylic oxidation sites excluding steroid dienone is 1. The molecule has 0 aromatic heterocycles. The monoisotopic (exact) mass is 223 g/mol. The number of nitrogens with two attached hydrogens (primary N) is 1. The molecule has 2 N–H and O–H groups in total. The van der Waals surface area contributed by atoms with Crippen LogP contribution in [0.25, 0.3) is 0 Å². The molecule has 82 valence electrons. The first-order valence-corrected chi connectivity index (χ1v) is 5.54. The van der Waals surface area contributed by atoms with E-state index >= 15 is 0 Å². The highest BCUT2D eigenvalue weighted by Gasteiger charge is 2.07. The molecule has 1 atom stereocenters. The molecule has 0 spiro atoms. The van der Waals surface area contributed by atoms with Gasteiger partial charge in [-0.3, -0.25) is 0 Å². The van der Waals surface area contributed by atoms with Crippen LogP contribution < -0.4 is 5.73 Å². The second-order valence-electron chi connectivity index (χ2n) is 4.16. The number of aryl methyl sites for hydroxylation is 1. The van der Waals surface area contributed by atoms with Gasteiger partial charge in [0, 0.05) is 11.1 Å². The minimum atomic E-state index is 0.0547. The van der Waals surface area contributed by atoms with E-state index in [1.165, 1.54) is 5.57 Å². The van der Waals surface area contributed by atoms with Crippen LogP contribution in [0.3, 0.4) is 0 Å². The molecule has 1 aromatic carbocycles. The van der Waals surface area contributed by atoms with E-state index in [0.717, 1.165) is 29.0 Å². The van der Waals surface area contributed by atoms with Gasteiger partial charge in [0.05, 0.1) is 0 Å². The second kappa shape index (κ2) is 5.34. The smallest absolute Gasteiger partial charge is 0.0411 e. The summed E-state index contributed by atoms with van der Waals surface area (Å²) in [5, 5.41) is 0.760. The molecule has 1 aromatic rings. The summed E-state index contributed by atoms with van der Waals surface area (Å²) in [4.78, 5) is 0. The molecule has 0 amide bonds. The van der Waals surface area contributed by atoms with Crippen LogP contribution in [0.5, 0.6) is 0 Å². The van der Waals surface area contributed by atoms with Crippen LogP contribution in [-0.4, -0.2) is 0 Å². The van der Waals surface area contributed by atoms with E-state index in [4.69, 9.17) is 17.3 Å². The Morgan fingerprint density at radius 1 is 1.47 bits per heavy atom. The van der Waals surface area contributed by atoms with Gasteiger partial charge in [-0.25, -0.2) is 0 Å². The molecule has 0 fully saturated rings. The molecule has 0 heterocycles. The molecule has 0 aliphatic heterocycles. The zero-order valence-electron chi connectivity index (χ0n) is 9.39. The van der Waals surface area contributed by atoms with Crippen LogP contribution in [0.2, 0.25) is 5.02 Å². The maximum Gasteiger partial charge on any atom is 0.0411 e. The molecule has 1 unspecified atom stereocenters. The predicted molar refractivity (Wildman–Crippen MR) is 67.2 cm³/mol. The SMILES string of the molecule is C=C(C)CCC(N)c1cc(C)cc(Cl)c1. The van der Waals surface area contributed by atoms with Gasteiger partial charge in [0.2, 0.25) is 0 Å². The summed E-state index contributed by atoms with van der Waals surface area (Å²) in [7, 11) is 0. The van der Waals surface area contributed by atoms with Gasteiger partial charge in [-0.2, -0.15) is 0 Å². The van der Waals surface area contributed by atoms with Gasteiger partial charge < -0.3 is 5.73 Å². The van der Waals surface area contributed by atoms with E-state index in [1.54, 1.807) is 0 Å². The molecule has 0 saturated carbocycles. The zero-order chi connectivity index (χ0) is 11.4. The Balaban J connectivity index is 2.72. The van der Waals surface area contributed by atoms with E-state index < -0.39 is 0 Å². The van der Waals surface area contributed by atoms with Crippen molar-refractivity contribution in [2.45, 2.75) is 32.7 Å². The molecular weight excluding hydrogens is 206 g/mol. The van der Waals surface area contributed by atoms with Crippen molar-refractivity contribution in [1.29, 1.82) is 0 Å². The summed E-state index contributed by atoms with van der Waals surface area (Å²) in [5.74, 6) is 0. The van der Waals surface area contributed by atoms with Gasteiger partial charge in [0.15, 0.2) is 0 Å². The van der Waals surface area contributed by atoms with Gasteiger partial charge in [-0.1, -0.05) is 23.2 Å². The standard InChI is InChI=1S/C13H18ClN/c1-9(2)4-5-13(15)11-6-10(3)7-12(14)8-11/h6-8,13H,1,4-5,15H2,2-3H3. The summed E-state index contributed by atoms with van der Waals surface area (Å²) in [6.07, 6.45) is 1.89. The molecular formula is C13H18ClN. The maximum atomic E-state index is 6.08. The molecule has 0 radical (unpaired) electrons. The highest BCUT2D eigenvalue weighted by atomic mass is 35.5. The molecule has 0 aliphatic carbocycles. The first-order chi connectivity index (χ1) is 6.99. The normalized spacial score (nSPS) is 12.5. The van der Waals surface area contributed by atoms with Crippen LogP contribution in [0, 0.1) is 6.92 Å². The Hall–Kier alpha value is -0.790. The largest absolute Gasteiger partial charge is 0.324 e. The van der Waals surface area contributed by atoms with Crippen LogP contribution in [-0.2, 0) is 0 Å². The van der Waals surface area contributed by atoms with Crippen LogP contribution in [0.15, 0.2) is 30.4 Å². The number of hydrogen-bond donors (Lipinski definition) is 1. The van der Waals surface area contributed by atoms with Crippen LogP contribution in [0.4, 0.5) is 0 Å². The number of halogens is 1. The molecule has 0 saturated heterocycles. The Labute approximate surface area is 96.9 Å². The Morgan fingerprint density at radius 2 is 2.13 bits per heavy atom. The Kier molecular flexibility index (Phi) is 4.37. The van der Waals surface area contributed by atoms with E-state index in [9.17, 15) is 0 Å². The first kappa shape index (κ1) is 12.3. The molecule has 0 bridgehead atoms. The van der Waals surface area contributed by atoms with Crippen molar-refractivity contribution in [1.82, 2.24) is 0 Å². The number of benzene rings is 1. The Morgan fingerprint density at radius 3 is 2.67 bits per heavy atom. The summed E-state index contributed by atoms with van der Waals surface area (Å²) < 4.78 is 0. The van der Waals surface area contributed by atoms with Crippen molar-refractivity contribution in [3.63, 3.8) is 0 Å². The topological polar surface area (TPSA) is 26.0 Å². The first-order valence-electron chi connectivity index (χ1n) is 5.16. The molecule has 2 heteroatoms. The highest BCUT2D eigenvalue weighted by Crippen LogP contribution is 2.22. The average Bonchev–Trinajstić information content (AvgIpc) is 2.12. The van der Waals surface area contributed by atoms with Gasteiger partial charge in [0.1, 0.15) is 0 Å². The van der Waals surface area contributed by atoms with Crippen molar-refractivity contribution in [2.75, 3.05) is 0 Å². The third-order valence-electron chi connectivity index (χ3n) is 2.37. The lowest BCUT2D eigenvalue weighted by Gasteiger charge is -2.13. The number of rotatable bonds is 4. The third-order valence-corrected chi connectivity index (χ3v) is 2.59. The fraction of sp³-hybridized carbons (Fsp3) is 0.385. The van der Waals surface area contributed by atoms with Crippen LogP contribution >= 0.6 is 11.6 Å². The van der Waals surface area contributed by atoms with E-state index in [2.05, 4.69) is 12.6 Å². The second-order valence-corrected chi connectivity index (χ2v) is 4.60. The lowest BCUT2D eigenvalue weighted by molar-refractivity contribution is 0.649. The zero-order valence-corrected chi connectivity index (χ0v) is 10.1. The summed E-state index contributed by atoms with van der Waals surface area (Å²) in [6, 6.07) is 6.03. The fourth-order valence-corrected chi connectivity index (χ4v) is 1.85. The van der Waals surface area contributed by atoms with Gasteiger partial charge in [-0.05, 0) is 49.9 Å². The minimum absolute atomic E-state index is 0.0547. The summed E-state index contributed by atoms with van der Waals surface area (Å²) >= 11 is 5.98. The van der Waals surface area contributed by atoms with Crippen LogP contribution in [0.1, 0.15) is 36.9 Å². The molecule has 1 rings (SSSR count). The summed E-state index contributed by atoms with van der Waals surface area (Å²) in [6.45, 7) is 7.93. The summed E-state index contributed by atoms with van der Waals surface area (Å²) in [5.41, 5.74) is 9.52. The van der Waals surface area contributed by atoms with Crippen molar-refractivity contribution in [3.05, 3.63) is 46.5 Å². The molecule has 1 nitrogen and oxygen atoms in total. The van der Waals surface area contributed by atoms with E-state index in [0.29, 0.717) is 0 Å². The maximum absolute atomic E-state index is 6.08. The van der Waals surface area contributed by atoms with Crippen molar-refractivity contribution < 1.29 is 0 Å². The van der Waals surface area contributed by atoms with E-state index in [-0.39, 0.29) is 6.04 Å². The van der Waals surface area contributed by atoms with Crippen molar-refractivity contribution >= 4 is 11.6 Å². The van der Waals surface area contributed by atoms with Gasteiger partial charge >= 0.3 is 0 Å². The lowest BCUT2D eigenvalue weighted by atomic mass is 9.99. The molecule has 0 aliphatic rings. The van der Waals surface area contributed by atoms with Crippen molar-refractivity contribution in [3.8, 4) is 0 Å².